The smallest absolute Gasteiger partial charge is 0.293 e. The molecule has 3 aromatic carbocycles. The number of nitrogens with zero attached hydrogens (tertiary/aromatic N) is 2. The zero-order chi connectivity index (χ0) is 20.5. The average Bonchev–Trinajstić information content (AvgIpc) is 3.34. The Labute approximate surface area is 178 Å². The van der Waals surface area contributed by atoms with E-state index in [4.69, 9.17) is 0 Å². The molecule has 1 aliphatic heterocycles. The van der Waals surface area contributed by atoms with Crippen molar-refractivity contribution in [2.75, 3.05) is 0 Å². The van der Waals surface area contributed by atoms with Gasteiger partial charge < -0.3 is 4.57 Å². The molecule has 0 aliphatic carbocycles. The predicted octanol–water partition coefficient (Wildman–Crippen LogP) is 5.87. The highest BCUT2D eigenvalue weighted by molar-refractivity contribution is 8.18. The Kier molecular flexibility index (Phi) is 4.73. The molecule has 0 saturated carbocycles. The number of carbonyl (C=O) groups excluding carboxylic acids is 2. The van der Waals surface area contributed by atoms with E-state index in [1.807, 2.05) is 65.4 Å². The minimum absolute atomic E-state index is 0.237. The maximum absolute atomic E-state index is 12.9. The highest BCUT2D eigenvalue weighted by Crippen LogP contribution is 2.34. The fraction of sp³-hybridized carbons (Fsp3) is 0.0400. The Bertz CT molecular complexity index is 1290. The van der Waals surface area contributed by atoms with Gasteiger partial charge in [-0.2, -0.15) is 0 Å². The first-order chi connectivity index (χ1) is 14.7. The van der Waals surface area contributed by atoms with E-state index in [-0.39, 0.29) is 17.7 Å². The number of carbonyl (C=O) groups is 2. The Morgan fingerprint density at radius 3 is 2.40 bits per heavy atom. The van der Waals surface area contributed by atoms with Gasteiger partial charge in [-0.1, -0.05) is 60.7 Å². The predicted molar refractivity (Wildman–Crippen MR) is 121 cm³/mol. The minimum Gasteiger partial charge on any atom is -0.317 e. The molecule has 5 heteroatoms. The van der Waals surface area contributed by atoms with Crippen molar-refractivity contribution >= 4 is 39.8 Å². The molecule has 1 aromatic heterocycles. The number of aromatic nitrogens is 1. The largest absolute Gasteiger partial charge is 0.317 e. The summed E-state index contributed by atoms with van der Waals surface area (Å²) in [6.45, 7) is 0.286. The molecule has 4 aromatic rings. The molecular formula is C25H18N2O2S. The van der Waals surface area contributed by atoms with Gasteiger partial charge in [-0.05, 0) is 58.4 Å². The van der Waals surface area contributed by atoms with Gasteiger partial charge >= 0.3 is 0 Å². The molecule has 0 atom stereocenters. The van der Waals surface area contributed by atoms with Crippen LogP contribution < -0.4 is 0 Å². The highest BCUT2D eigenvalue weighted by Gasteiger charge is 2.35. The first-order valence-corrected chi connectivity index (χ1v) is 10.5. The van der Waals surface area contributed by atoms with Crippen molar-refractivity contribution < 1.29 is 9.59 Å². The zero-order valence-corrected chi connectivity index (χ0v) is 16.9. The molecule has 4 nitrogen and oxygen atoms in total. The third-order valence-corrected chi connectivity index (χ3v) is 6.03. The summed E-state index contributed by atoms with van der Waals surface area (Å²) in [7, 11) is 0. The van der Waals surface area contributed by atoms with E-state index in [2.05, 4.69) is 30.3 Å². The van der Waals surface area contributed by atoms with Gasteiger partial charge in [-0.3, -0.25) is 14.5 Å². The summed E-state index contributed by atoms with van der Waals surface area (Å²) in [6, 6.07) is 27.9. The Hall–Kier alpha value is -3.57. The third kappa shape index (κ3) is 3.44. The highest BCUT2D eigenvalue weighted by atomic mass is 32.2. The second-order valence-corrected chi connectivity index (χ2v) is 8.08. The van der Waals surface area contributed by atoms with Crippen LogP contribution in [0.15, 0.2) is 96.0 Å². The summed E-state index contributed by atoms with van der Waals surface area (Å²) < 4.78 is 2.03. The second kappa shape index (κ2) is 7.69. The van der Waals surface area contributed by atoms with Gasteiger partial charge in [0.05, 0.1) is 11.4 Å². The van der Waals surface area contributed by atoms with Crippen LogP contribution >= 0.6 is 11.8 Å². The van der Waals surface area contributed by atoms with Crippen LogP contribution in [-0.2, 0) is 11.3 Å². The lowest BCUT2D eigenvalue weighted by Crippen LogP contribution is -2.27. The van der Waals surface area contributed by atoms with Gasteiger partial charge in [-0.25, -0.2) is 0 Å². The van der Waals surface area contributed by atoms with Gasteiger partial charge in [0.25, 0.3) is 11.1 Å². The maximum Gasteiger partial charge on any atom is 0.293 e. The average molecular weight is 410 g/mol. The van der Waals surface area contributed by atoms with Crippen LogP contribution in [0, 0.1) is 0 Å². The molecule has 2 heterocycles. The molecule has 1 saturated heterocycles. The maximum atomic E-state index is 12.9. The summed E-state index contributed by atoms with van der Waals surface area (Å²) in [6.07, 6.45) is 3.76. The van der Waals surface area contributed by atoms with Crippen LogP contribution in [0.4, 0.5) is 4.79 Å². The second-order valence-electron chi connectivity index (χ2n) is 7.09. The quantitative estimate of drug-likeness (QED) is 0.395. The van der Waals surface area contributed by atoms with Crippen LogP contribution in [0.25, 0.3) is 22.5 Å². The molecule has 0 unspecified atom stereocenters. The van der Waals surface area contributed by atoms with Gasteiger partial charge in [0.1, 0.15) is 0 Å². The van der Waals surface area contributed by atoms with E-state index in [0.717, 1.165) is 34.1 Å². The summed E-state index contributed by atoms with van der Waals surface area (Å²) in [5.41, 5.74) is 2.80. The molecule has 30 heavy (non-hydrogen) atoms. The lowest BCUT2D eigenvalue weighted by Gasteiger charge is -2.12. The molecule has 0 N–H and O–H groups in total. The van der Waals surface area contributed by atoms with Gasteiger partial charge in [0.15, 0.2) is 0 Å². The minimum atomic E-state index is -0.250. The first kappa shape index (κ1) is 18.5. The molecule has 0 spiro atoms. The summed E-state index contributed by atoms with van der Waals surface area (Å²) in [5, 5.41) is 2.09. The fourth-order valence-electron chi connectivity index (χ4n) is 3.61. The molecule has 0 radical (unpaired) electrons. The van der Waals surface area contributed by atoms with E-state index >= 15 is 0 Å². The Morgan fingerprint density at radius 2 is 1.57 bits per heavy atom. The molecule has 1 aliphatic rings. The Balaban J connectivity index is 1.45. The van der Waals surface area contributed by atoms with E-state index in [1.165, 1.54) is 10.3 Å². The number of hydrogen-bond acceptors (Lipinski definition) is 3. The SMILES string of the molecule is O=C1S/C(=C\c2cccn2-c2ccc3ccccc3c2)C(=O)N1Cc1ccccc1. The number of thioether (sulfide) groups is 1. The molecule has 2 amide bonds. The van der Waals surface area contributed by atoms with Crippen LogP contribution in [0.2, 0.25) is 0 Å². The molecule has 1 fully saturated rings. The van der Waals surface area contributed by atoms with E-state index in [0.29, 0.717) is 4.91 Å². The van der Waals surface area contributed by atoms with Gasteiger partial charge in [0.2, 0.25) is 0 Å². The van der Waals surface area contributed by atoms with Crippen molar-refractivity contribution in [1.29, 1.82) is 0 Å². The Morgan fingerprint density at radius 1 is 0.800 bits per heavy atom. The van der Waals surface area contributed by atoms with Crippen LogP contribution in [0.5, 0.6) is 0 Å². The normalized spacial score (nSPS) is 15.5. The van der Waals surface area contributed by atoms with Crippen LogP contribution in [0.3, 0.4) is 0 Å². The standard InChI is InChI=1S/C25H18N2O2S/c28-24-23(30-25(29)27(24)17-18-7-2-1-3-8-18)16-21-11-6-14-26(21)22-13-12-19-9-4-5-10-20(19)15-22/h1-16H,17H2/b23-16-. The van der Waals surface area contributed by atoms with Gasteiger partial charge in [-0.15, -0.1) is 0 Å². The molecular weight excluding hydrogens is 392 g/mol. The number of rotatable bonds is 4. The van der Waals surface area contributed by atoms with Crippen molar-refractivity contribution in [1.82, 2.24) is 9.47 Å². The van der Waals surface area contributed by atoms with Gasteiger partial charge in [0, 0.05) is 17.6 Å². The fourth-order valence-corrected chi connectivity index (χ4v) is 4.43. The number of amides is 2. The van der Waals surface area contributed by atoms with Crippen LogP contribution in [-0.4, -0.2) is 20.6 Å². The number of hydrogen-bond donors (Lipinski definition) is 0. The monoisotopic (exact) mass is 410 g/mol. The van der Waals surface area contributed by atoms with Crippen molar-refractivity contribution in [3.05, 3.63) is 107 Å². The van der Waals surface area contributed by atoms with E-state index in [9.17, 15) is 9.59 Å². The van der Waals surface area contributed by atoms with Crippen molar-refractivity contribution in [2.45, 2.75) is 6.54 Å². The summed E-state index contributed by atoms with van der Waals surface area (Å²) >= 11 is 0.991. The van der Waals surface area contributed by atoms with Crippen molar-refractivity contribution in [3.63, 3.8) is 0 Å². The number of imide groups is 1. The van der Waals surface area contributed by atoms with Crippen LogP contribution in [0.1, 0.15) is 11.3 Å². The molecule has 0 bridgehead atoms. The topological polar surface area (TPSA) is 42.3 Å². The molecule has 146 valence electrons. The molecule has 5 rings (SSSR count). The first-order valence-electron chi connectivity index (χ1n) is 9.65. The number of benzene rings is 3. The lowest BCUT2D eigenvalue weighted by atomic mass is 10.1. The number of fused-ring (bicyclic) bond motifs is 1. The summed E-state index contributed by atoms with van der Waals surface area (Å²) in [5.74, 6) is -0.250. The zero-order valence-electron chi connectivity index (χ0n) is 16.1. The lowest BCUT2D eigenvalue weighted by molar-refractivity contribution is -0.123. The van der Waals surface area contributed by atoms with E-state index < -0.39 is 0 Å². The van der Waals surface area contributed by atoms with Crippen molar-refractivity contribution in [2.24, 2.45) is 0 Å². The van der Waals surface area contributed by atoms with E-state index in [1.54, 1.807) is 6.08 Å². The van der Waals surface area contributed by atoms with Crippen molar-refractivity contribution in [3.8, 4) is 5.69 Å². The third-order valence-electron chi connectivity index (χ3n) is 5.13. The summed E-state index contributed by atoms with van der Waals surface area (Å²) in [4.78, 5) is 27.1.